The third-order valence-corrected chi connectivity index (χ3v) is 9.90. The molecular formula is C40H38F8N10O. The maximum atomic E-state index is 13.3. The van der Waals surface area contributed by atoms with Crippen LogP contribution in [0.4, 0.5) is 58.7 Å². The fraction of sp³-hybridized carbons (Fsp3) is 0.350. The lowest BCUT2D eigenvalue weighted by Crippen LogP contribution is -2.50. The molecule has 2 fully saturated rings. The van der Waals surface area contributed by atoms with E-state index in [4.69, 9.17) is 4.74 Å². The van der Waals surface area contributed by atoms with E-state index in [1.54, 1.807) is 41.4 Å². The highest BCUT2D eigenvalue weighted by atomic mass is 19.4. The molecule has 2 atom stereocenters. The lowest BCUT2D eigenvalue weighted by molar-refractivity contribution is -0.139. The number of fused-ring (bicyclic) bond motifs is 2. The maximum absolute atomic E-state index is 13.3. The monoisotopic (exact) mass is 826 g/mol. The van der Waals surface area contributed by atoms with Gasteiger partial charge in [-0.3, -0.25) is 0 Å². The molecule has 2 aromatic carbocycles. The first-order chi connectivity index (χ1) is 28.2. The van der Waals surface area contributed by atoms with E-state index in [0.717, 1.165) is 12.1 Å². The first kappa shape index (κ1) is 41.2. The number of nitrogens with zero attached hydrogens (tertiary/aromatic N) is 8. The van der Waals surface area contributed by atoms with Crippen LogP contribution in [0.1, 0.15) is 36.1 Å². The second-order valence-electron chi connectivity index (χ2n) is 14.2. The predicted octanol–water partition coefficient (Wildman–Crippen LogP) is 8.63. The first-order valence-electron chi connectivity index (χ1n) is 18.6. The quantitative estimate of drug-likeness (QED) is 0.137. The first-order valence-corrected chi connectivity index (χ1v) is 18.6. The van der Waals surface area contributed by atoms with Crippen LogP contribution in [0.5, 0.6) is 0 Å². The number of hydrogen-bond acceptors (Lipinski definition) is 11. The molecule has 8 rings (SSSR count). The number of alkyl halides is 8. The molecule has 6 heterocycles. The van der Waals surface area contributed by atoms with Crippen molar-refractivity contribution in [2.45, 2.75) is 57.8 Å². The Bertz CT molecular complexity index is 2380. The molecule has 0 amide bonds. The summed E-state index contributed by atoms with van der Waals surface area (Å²) < 4.78 is 111. The highest BCUT2D eigenvalue weighted by molar-refractivity contribution is 5.88. The Labute approximate surface area is 332 Å². The van der Waals surface area contributed by atoms with Gasteiger partial charge in [0.25, 0.3) is 0 Å². The fourth-order valence-electron chi connectivity index (χ4n) is 6.92. The number of nitrogens with one attached hydrogen (secondary N) is 2. The molecule has 11 nitrogen and oxygen atoms in total. The van der Waals surface area contributed by atoms with Gasteiger partial charge in [-0.05, 0) is 61.4 Å². The number of benzene rings is 2. The number of anilines is 4. The summed E-state index contributed by atoms with van der Waals surface area (Å²) in [6.07, 6.45) is -8.15. The second-order valence-corrected chi connectivity index (χ2v) is 14.2. The van der Waals surface area contributed by atoms with Crippen molar-refractivity contribution >= 4 is 45.6 Å². The van der Waals surface area contributed by atoms with Crippen molar-refractivity contribution in [3.63, 3.8) is 0 Å². The summed E-state index contributed by atoms with van der Waals surface area (Å²) in [6.45, 7) is 5.24. The van der Waals surface area contributed by atoms with E-state index in [1.807, 2.05) is 13.8 Å². The van der Waals surface area contributed by atoms with E-state index < -0.39 is 35.8 Å². The minimum atomic E-state index is -4.47. The average molecular weight is 827 g/mol. The molecule has 0 aliphatic carbocycles. The summed E-state index contributed by atoms with van der Waals surface area (Å²) in [5.41, 5.74) is -0.352. The number of halogens is 8. The molecule has 59 heavy (non-hydrogen) atoms. The number of morpholine rings is 1. The van der Waals surface area contributed by atoms with Gasteiger partial charge in [-0.1, -0.05) is 36.4 Å². The summed E-state index contributed by atoms with van der Waals surface area (Å²) in [4.78, 5) is 30.1. The summed E-state index contributed by atoms with van der Waals surface area (Å²) in [5.74, 6) is 0.713. The van der Waals surface area contributed by atoms with Crippen molar-refractivity contribution in [1.29, 1.82) is 0 Å². The molecule has 2 N–H and O–H groups in total. The summed E-state index contributed by atoms with van der Waals surface area (Å²) in [7, 11) is 0. The molecule has 6 aromatic rings. The van der Waals surface area contributed by atoms with Crippen LogP contribution in [0.25, 0.3) is 22.1 Å². The van der Waals surface area contributed by atoms with Crippen LogP contribution in [0, 0.1) is 5.92 Å². The number of aromatic nitrogens is 6. The minimum Gasteiger partial charge on any atom is -0.377 e. The number of hydrogen-bond donors (Lipinski definition) is 2. The molecule has 310 valence electrons. The van der Waals surface area contributed by atoms with Crippen molar-refractivity contribution in [1.82, 2.24) is 29.9 Å². The highest BCUT2D eigenvalue weighted by Gasteiger charge is 2.37. The van der Waals surface area contributed by atoms with E-state index in [0.29, 0.717) is 52.9 Å². The largest absolute Gasteiger partial charge is 0.416 e. The van der Waals surface area contributed by atoms with E-state index in [1.165, 1.54) is 36.5 Å². The van der Waals surface area contributed by atoms with Gasteiger partial charge in [-0.25, -0.2) is 18.7 Å². The van der Waals surface area contributed by atoms with Gasteiger partial charge in [0.15, 0.2) is 11.3 Å². The molecule has 0 spiro atoms. The van der Waals surface area contributed by atoms with E-state index in [2.05, 4.69) is 45.4 Å². The van der Waals surface area contributed by atoms with Gasteiger partial charge in [0.2, 0.25) is 18.3 Å². The van der Waals surface area contributed by atoms with Crippen LogP contribution in [-0.2, 0) is 30.2 Å². The normalized spacial score (nSPS) is 17.5. The van der Waals surface area contributed by atoms with Crippen molar-refractivity contribution in [2.24, 2.45) is 5.92 Å². The standard InChI is InChI=1S/C21H22F3N5O.C19H16F5N5/c1-13-11-30-12-14(2)29(13)20-27-18-16(7-5-9-25-18)19(28-20)26-10-15-6-3-4-8-17(15)21(22,23)24;20-15(21)12-9-29(10-12)18-27-16-13(5-3-7-25-16)17(28-18)26-8-11-4-1-2-6-14(11)19(22,23)24/h3-9,13-14H,10-12H2,1-2H3,(H,25,26,27,28);1-7,12,15H,8-10H2,(H,25,26,27,28)/t13-,14?;/m1./s1. The molecule has 0 saturated carbocycles. The van der Waals surface area contributed by atoms with Crippen LogP contribution in [0.3, 0.4) is 0 Å². The Hall–Kier alpha value is -5.98. The molecule has 2 aliphatic heterocycles. The van der Waals surface area contributed by atoms with E-state index in [-0.39, 0.29) is 55.3 Å². The smallest absolute Gasteiger partial charge is 0.377 e. The molecule has 0 radical (unpaired) electrons. The fourth-order valence-corrected chi connectivity index (χ4v) is 6.92. The zero-order chi connectivity index (χ0) is 41.9. The van der Waals surface area contributed by atoms with Crippen molar-refractivity contribution in [3.8, 4) is 0 Å². The van der Waals surface area contributed by atoms with Crippen molar-refractivity contribution < 1.29 is 39.9 Å². The van der Waals surface area contributed by atoms with Crippen LogP contribution < -0.4 is 20.4 Å². The number of pyridine rings is 2. The Morgan fingerprint density at radius 2 is 1.10 bits per heavy atom. The average Bonchev–Trinajstić information content (AvgIpc) is 3.18. The number of rotatable bonds is 9. The summed E-state index contributed by atoms with van der Waals surface area (Å²) >= 11 is 0. The van der Waals surface area contributed by atoms with Gasteiger partial charge in [-0.2, -0.15) is 46.3 Å². The van der Waals surface area contributed by atoms with Crippen LogP contribution in [0.15, 0.2) is 85.2 Å². The van der Waals surface area contributed by atoms with Gasteiger partial charge >= 0.3 is 12.4 Å². The SMILES string of the molecule is CC1COC[C@@H](C)N1c1nc(NCc2ccccc2C(F)(F)F)c2cccnc2n1.FC(F)C1CN(c2nc(NCc3ccccc3C(F)(F)F)c3cccnc3n2)C1. The molecule has 1 unspecified atom stereocenters. The van der Waals surface area contributed by atoms with Crippen LogP contribution in [0.2, 0.25) is 0 Å². The van der Waals surface area contributed by atoms with Crippen LogP contribution >= 0.6 is 0 Å². The topological polar surface area (TPSA) is 117 Å². The maximum Gasteiger partial charge on any atom is 0.416 e. The Kier molecular flexibility index (Phi) is 11.9. The molecule has 19 heteroatoms. The van der Waals surface area contributed by atoms with Gasteiger partial charge in [-0.15, -0.1) is 0 Å². The molecule has 2 aliphatic rings. The lowest BCUT2D eigenvalue weighted by atomic mass is 10.0. The third-order valence-electron chi connectivity index (χ3n) is 9.90. The Morgan fingerprint density at radius 3 is 1.58 bits per heavy atom. The predicted molar refractivity (Wildman–Crippen MR) is 206 cm³/mol. The van der Waals surface area contributed by atoms with Gasteiger partial charge in [0, 0.05) is 38.6 Å². The number of ether oxygens (including phenoxy) is 1. The van der Waals surface area contributed by atoms with Gasteiger partial charge < -0.3 is 25.2 Å². The zero-order valence-corrected chi connectivity index (χ0v) is 31.6. The van der Waals surface area contributed by atoms with Gasteiger partial charge in [0.1, 0.15) is 11.6 Å². The Morgan fingerprint density at radius 1 is 0.644 bits per heavy atom. The zero-order valence-electron chi connectivity index (χ0n) is 31.6. The summed E-state index contributed by atoms with van der Waals surface area (Å²) in [6, 6.07) is 17.8. The minimum absolute atomic E-state index is 0.0235. The van der Waals surface area contributed by atoms with Gasteiger partial charge in [0.05, 0.1) is 53.1 Å². The van der Waals surface area contributed by atoms with E-state index >= 15 is 0 Å². The lowest BCUT2D eigenvalue weighted by Gasteiger charge is -2.38. The molecular weight excluding hydrogens is 788 g/mol. The van der Waals surface area contributed by atoms with E-state index in [9.17, 15) is 35.1 Å². The highest BCUT2D eigenvalue weighted by Crippen LogP contribution is 2.35. The van der Waals surface area contributed by atoms with Crippen molar-refractivity contribution in [3.05, 3.63) is 107 Å². The molecule has 2 saturated heterocycles. The molecule has 0 bridgehead atoms. The van der Waals surface area contributed by atoms with Crippen LogP contribution in [-0.4, -0.2) is 74.7 Å². The van der Waals surface area contributed by atoms with Crippen molar-refractivity contribution in [2.75, 3.05) is 46.7 Å². The second kappa shape index (κ2) is 17.1. The molecule has 4 aromatic heterocycles. The Balaban J connectivity index is 0.000000179. The summed E-state index contributed by atoms with van der Waals surface area (Å²) in [5, 5.41) is 7.19. The third kappa shape index (κ3) is 9.34.